The highest BCUT2D eigenvalue weighted by molar-refractivity contribution is 5.81. The maximum absolute atomic E-state index is 7.49. The number of hydrogen-bond acceptors (Lipinski definition) is 1. The molecule has 0 aliphatic carbocycles. The third-order valence-electron chi connectivity index (χ3n) is 2.09. The van der Waals surface area contributed by atoms with Crippen molar-refractivity contribution in [2.24, 2.45) is 0 Å². The number of nitrogens with zero attached hydrogens (tertiary/aromatic N) is 1. The molecule has 0 saturated heterocycles. The number of rotatable bonds is 1. The van der Waals surface area contributed by atoms with Crippen molar-refractivity contribution in [1.82, 2.24) is 10.2 Å². The first-order valence-electron chi connectivity index (χ1n) is 4.61. The van der Waals surface area contributed by atoms with Crippen LogP contribution >= 0.6 is 0 Å². The number of H-pyrrole nitrogens is 1. The summed E-state index contributed by atoms with van der Waals surface area (Å²) >= 11 is 0. The van der Waals surface area contributed by atoms with E-state index in [0.29, 0.717) is 5.92 Å². The van der Waals surface area contributed by atoms with Crippen LogP contribution in [0.15, 0.2) is 24.4 Å². The monoisotopic (exact) mass is 162 g/mol. The van der Waals surface area contributed by atoms with Crippen LogP contribution in [0.3, 0.4) is 0 Å². The summed E-state index contributed by atoms with van der Waals surface area (Å²) in [5.74, 6) is 0.480. The Balaban J connectivity index is 2.77. The minimum absolute atomic E-state index is 0.480. The topological polar surface area (TPSA) is 28.7 Å². The number of aromatic amines is 1. The van der Waals surface area contributed by atoms with Crippen molar-refractivity contribution >= 4 is 10.9 Å². The van der Waals surface area contributed by atoms with E-state index in [2.05, 4.69) is 25.0 Å². The van der Waals surface area contributed by atoms with Crippen LogP contribution in [0.5, 0.6) is 0 Å². The highest BCUT2D eigenvalue weighted by Crippen LogP contribution is 2.23. The van der Waals surface area contributed by atoms with Crippen molar-refractivity contribution in [3.63, 3.8) is 0 Å². The van der Waals surface area contributed by atoms with Gasteiger partial charge in [-0.15, -0.1) is 0 Å². The molecule has 12 heavy (non-hydrogen) atoms. The molecule has 1 heterocycles. The van der Waals surface area contributed by atoms with E-state index in [-0.39, 0.29) is 0 Å². The molecule has 2 heteroatoms. The van der Waals surface area contributed by atoms with Crippen LogP contribution in [-0.2, 0) is 0 Å². The SMILES string of the molecule is [3H]n1ncc2c(C(C)C)cccc21. The van der Waals surface area contributed by atoms with Crippen LogP contribution in [0.2, 0.25) is 1.41 Å². The molecule has 0 spiro atoms. The van der Waals surface area contributed by atoms with E-state index in [9.17, 15) is 0 Å². The van der Waals surface area contributed by atoms with Gasteiger partial charge in [-0.05, 0) is 17.5 Å². The number of hydrogen-bond donors (Lipinski definition) is 1. The van der Waals surface area contributed by atoms with E-state index in [4.69, 9.17) is 1.41 Å². The summed E-state index contributed by atoms with van der Waals surface area (Å²) < 4.78 is 7.49. The zero-order chi connectivity index (χ0) is 9.42. The molecule has 1 N–H and O–H groups in total. The zero-order valence-electron chi connectivity index (χ0n) is 8.28. The molecular weight excluding hydrogens is 148 g/mol. The summed E-state index contributed by atoms with van der Waals surface area (Å²) in [7, 11) is 0. The highest BCUT2D eigenvalue weighted by atomic mass is 15.1. The number of fused-ring (bicyclic) bond motifs is 1. The molecule has 0 saturated carbocycles. The van der Waals surface area contributed by atoms with E-state index in [0.717, 1.165) is 10.9 Å². The predicted molar refractivity (Wildman–Crippen MR) is 50.2 cm³/mol. The second kappa shape index (κ2) is 2.63. The Morgan fingerprint density at radius 2 is 2.33 bits per heavy atom. The second-order valence-electron chi connectivity index (χ2n) is 3.28. The predicted octanol–water partition coefficient (Wildman–Crippen LogP) is 2.69. The fraction of sp³-hybridized carbons (Fsp3) is 0.300. The molecule has 0 bridgehead atoms. The maximum Gasteiger partial charge on any atom is 0.190 e. The second-order valence-corrected chi connectivity index (χ2v) is 3.28. The molecule has 0 unspecified atom stereocenters. The van der Waals surface area contributed by atoms with Gasteiger partial charge in [0.25, 0.3) is 0 Å². The van der Waals surface area contributed by atoms with Crippen LogP contribution < -0.4 is 0 Å². The first kappa shape index (κ1) is 6.23. The third-order valence-corrected chi connectivity index (χ3v) is 2.09. The molecule has 2 aromatic rings. The van der Waals surface area contributed by atoms with E-state index in [1.165, 1.54) is 10.7 Å². The van der Waals surface area contributed by atoms with Crippen LogP contribution in [0, 0.1) is 0 Å². The summed E-state index contributed by atoms with van der Waals surface area (Å²) in [6.45, 7) is 4.30. The Hall–Kier alpha value is -1.31. The minimum Gasteiger partial charge on any atom is -0.278 e. The lowest BCUT2D eigenvalue weighted by Crippen LogP contribution is -1.86. The molecule has 1 aromatic carbocycles. The summed E-state index contributed by atoms with van der Waals surface area (Å²) in [5, 5.41) is 6.18. The fourth-order valence-electron chi connectivity index (χ4n) is 1.45. The van der Waals surface area contributed by atoms with Gasteiger partial charge in [-0.3, -0.25) is 5.09 Å². The lowest BCUT2D eigenvalue weighted by atomic mass is 10.00. The van der Waals surface area contributed by atoms with Crippen molar-refractivity contribution in [3.05, 3.63) is 30.0 Å². The van der Waals surface area contributed by atoms with Gasteiger partial charge in [0.05, 0.1) is 11.7 Å². The Kier molecular flexibility index (Phi) is 1.36. The quantitative estimate of drug-likeness (QED) is 0.686. The summed E-state index contributed by atoms with van der Waals surface area (Å²) in [5.41, 5.74) is 2.14. The number of benzene rings is 1. The van der Waals surface area contributed by atoms with Crippen LogP contribution in [0.4, 0.5) is 0 Å². The summed E-state index contributed by atoms with van der Waals surface area (Å²) in [6, 6.07) is 5.99. The maximum atomic E-state index is 7.49. The van der Waals surface area contributed by atoms with Crippen molar-refractivity contribution < 1.29 is 1.41 Å². The van der Waals surface area contributed by atoms with Gasteiger partial charge >= 0.3 is 0 Å². The molecule has 2 rings (SSSR count). The van der Waals surface area contributed by atoms with Gasteiger partial charge in [0.1, 0.15) is 0 Å². The van der Waals surface area contributed by atoms with Crippen LogP contribution in [0.1, 0.15) is 25.3 Å². The third kappa shape index (κ3) is 0.998. The van der Waals surface area contributed by atoms with Gasteiger partial charge in [0.15, 0.2) is 1.41 Å². The lowest BCUT2D eigenvalue weighted by molar-refractivity contribution is 0.876. The molecule has 1 aromatic heterocycles. The van der Waals surface area contributed by atoms with Gasteiger partial charge in [-0.2, -0.15) is 5.10 Å². The zero-order valence-corrected chi connectivity index (χ0v) is 7.28. The molecule has 0 aliphatic heterocycles. The van der Waals surface area contributed by atoms with E-state index >= 15 is 0 Å². The van der Waals surface area contributed by atoms with Crippen molar-refractivity contribution in [2.75, 3.05) is 0 Å². The van der Waals surface area contributed by atoms with Gasteiger partial charge in [-0.25, -0.2) is 0 Å². The van der Waals surface area contributed by atoms with Gasteiger partial charge in [0.2, 0.25) is 0 Å². The average molecular weight is 162 g/mol. The van der Waals surface area contributed by atoms with Gasteiger partial charge in [0, 0.05) is 5.39 Å². The van der Waals surface area contributed by atoms with Crippen LogP contribution in [-0.4, -0.2) is 10.2 Å². The van der Waals surface area contributed by atoms with Crippen molar-refractivity contribution in [1.29, 1.82) is 0 Å². The lowest BCUT2D eigenvalue weighted by Gasteiger charge is -2.05. The smallest absolute Gasteiger partial charge is 0.190 e. The molecule has 2 nitrogen and oxygen atoms in total. The molecule has 0 amide bonds. The Labute approximate surface area is 73.1 Å². The van der Waals surface area contributed by atoms with Crippen molar-refractivity contribution in [3.8, 4) is 0 Å². The number of nitrogens with one attached hydrogen (secondary N) is 1. The molecule has 0 fully saturated rings. The molecule has 62 valence electrons. The van der Waals surface area contributed by atoms with Crippen LogP contribution in [0.25, 0.3) is 10.9 Å². The fourth-order valence-corrected chi connectivity index (χ4v) is 1.45. The highest BCUT2D eigenvalue weighted by Gasteiger charge is 2.04. The van der Waals surface area contributed by atoms with Gasteiger partial charge in [-0.1, -0.05) is 26.0 Å². The largest absolute Gasteiger partial charge is 0.278 e. The van der Waals surface area contributed by atoms with E-state index in [1.807, 2.05) is 12.1 Å². The summed E-state index contributed by atoms with van der Waals surface area (Å²) in [6.07, 6.45) is 1.76. The Morgan fingerprint density at radius 3 is 3.08 bits per heavy atom. The Morgan fingerprint density at radius 1 is 1.50 bits per heavy atom. The average Bonchev–Trinajstić information content (AvgIpc) is 2.48. The first-order valence-corrected chi connectivity index (χ1v) is 4.16. The van der Waals surface area contributed by atoms with Crippen molar-refractivity contribution in [2.45, 2.75) is 19.8 Å². The molecular formula is C10H12N2. The Bertz CT molecular complexity index is 431. The normalized spacial score (nSPS) is 12.4. The summed E-state index contributed by atoms with van der Waals surface area (Å²) in [4.78, 5) is 0. The first-order chi connectivity index (χ1) is 6.20. The van der Waals surface area contributed by atoms with E-state index in [1.54, 1.807) is 6.20 Å². The van der Waals surface area contributed by atoms with Gasteiger partial charge < -0.3 is 0 Å². The molecule has 0 aliphatic rings. The number of aromatic nitrogens is 2. The molecule has 0 atom stereocenters. The van der Waals surface area contributed by atoms with E-state index < -0.39 is 0 Å². The standard InChI is InChI=1S/C10H12N2/c1-7(2)8-4-3-5-10-9(8)6-11-12-10/h3-7H,1-2H3,(H,11,12)/i/hT. The molecule has 0 radical (unpaired) electrons. The minimum atomic E-state index is 0.480.